The van der Waals surface area contributed by atoms with Gasteiger partial charge in [-0.1, -0.05) is 0 Å². The van der Waals surface area contributed by atoms with Crippen molar-refractivity contribution in [1.82, 2.24) is 9.97 Å². The molecule has 7 heteroatoms. The van der Waals surface area contributed by atoms with Gasteiger partial charge < -0.3 is 14.6 Å². The third-order valence-electron chi connectivity index (χ3n) is 3.50. The van der Waals surface area contributed by atoms with Crippen molar-refractivity contribution in [2.24, 2.45) is 0 Å². The van der Waals surface area contributed by atoms with Crippen LogP contribution in [0, 0.1) is 20.8 Å². The van der Waals surface area contributed by atoms with E-state index in [9.17, 15) is 9.59 Å². The third kappa shape index (κ3) is 4.41. The number of benzene rings is 1. The molecule has 0 saturated heterocycles. The first-order chi connectivity index (χ1) is 11.8. The number of ether oxygens (including phenoxy) is 2. The smallest absolute Gasteiger partial charge is 0.364 e. The van der Waals surface area contributed by atoms with Crippen LogP contribution in [-0.2, 0) is 4.79 Å². The first-order valence-corrected chi connectivity index (χ1v) is 7.45. The molecule has 0 aliphatic heterocycles. The Balaban J connectivity index is 2.39. The van der Waals surface area contributed by atoms with E-state index in [-0.39, 0.29) is 11.4 Å². The third-order valence-corrected chi connectivity index (χ3v) is 3.50. The fourth-order valence-corrected chi connectivity index (χ4v) is 2.09. The van der Waals surface area contributed by atoms with E-state index in [1.54, 1.807) is 32.9 Å². The highest BCUT2D eigenvalue weighted by Crippen LogP contribution is 2.27. The van der Waals surface area contributed by atoms with Crippen LogP contribution >= 0.6 is 0 Å². The van der Waals surface area contributed by atoms with Gasteiger partial charge in [0.2, 0.25) is 0 Å². The topological polar surface area (TPSA) is 98.6 Å². The van der Waals surface area contributed by atoms with E-state index >= 15 is 0 Å². The lowest BCUT2D eigenvalue weighted by atomic mass is 10.1. The molecule has 0 fully saturated rings. The monoisotopic (exact) mass is 342 g/mol. The zero-order chi connectivity index (χ0) is 18.6. The van der Waals surface area contributed by atoms with Gasteiger partial charge in [-0.3, -0.25) is 4.98 Å². The summed E-state index contributed by atoms with van der Waals surface area (Å²) in [7, 11) is 1.48. The molecule has 0 aliphatic carbocycles. The normalized spacial score (nSPS) is 10.7. The summed E-state index contributed by atoms with van der Waals surface area (Å²) in [4.78, 5) is 31.7. The van der Waals surface area contributed by atoms with Gasteiger partial charge in [0, 0.05) is 17.7 Å². The van der Waals surface area contributed by atoms with Crippen LogP contribution in [0.1, 0.15) is 33.1 Å². The number of aryl methyl sites for hydroxylation is 3. The highest BCUT2D eigenvalue weighted by atomic mass is 16.5. The first-order valence-electron chi connectivity index (χ1n) is 7.45. The fourth-order valence-electron chi connectivity index (χ4n) is 2.09. The maximum absolute atomic E-state index is 12.5. The van der Waals surface area contributed by atoms with Crippen molar-refractivity contribution in [3.05, 3.63) is 52.6 Å². The lowest BCUT2D eigenvalue weighted by Gasteiger charge is -2.11. The molecule has 0 spiro atoms. The Labute approximate surface area is 145 Å². The Hall–Kier alpha value is -3.22. The number of hydrogen-bond acceptors (Lipinski definition) is 6. The van der Waals surface area contributed by atoms with Gasteiger partial charge in [-0.15, -0.1) is 0 Å². The number of esters is 1. The maximum atomic E-state index is 12.5. The van der Waals surface area contributed by atoms with Crippen LogP contribution in [0.15, 0.2) is 24.3 Å². The fraction of sp³-hybridized carbons (Fsp3) is 0.222. The van der Waals surface area contributed by atoms with Gasteiger partial charge in [-0.05, 0) is 39.0 Å². The first kappa shape index (κ1) is 18.1. The van der Waals surface area contributed by atoms with E-state index in [0.717, 1.165) is 11.8 Å². The number of carbonyl (C=O) groups excluding carboxylic acids is 1. The molecule has 130 valence electrons. The molecule has 1 N–H and O–H groups in total. The van der Waals surface area contributed by atoms with Crippen molar-refractivity contribution in [3.63, 3.8) is 0 Å². The summed E-state index contributed by atoms with van der Waals surface area (Å²) in [5.74, 6) is -1.14. The van der Waals surface area contributed by atoms with Crippen molar-refractivity contribution in [2.45, 2.75) is 20.8 Å². The number of methoxy groups -OCH3 is 1. The van der Waals surface area contributed by atoms with Gasteiger partial charge in [0.25, 0.3) is 0 Å². The molecule has 2 aromatic rings. The summed E-state index contributed by atoms with van der Waals surface area (Å²) in [6.07, 6.45) is 2.30. The number of rotatable bonds is 5. The summed E-state index contributed by atoms with van der Waals surface area (Å²) in [5, 5.41) is 8.78. The van der Waals surface area contributed by atoms with Crippen LogP contribution < -0.4 is 9.47 Å². The molecule has 25 heavy (non-hydrogen) atoms. The predicted octanol–water partition coefficient (Wildman–Crippen LogP) is 2.73. The lowest BCUT2D eigenvalue weighted by molar-refractivity contribution is -0.131. The van der Waals surface area contributed by atoms with E-state index in [0.29, 0.717) is 22.7 Å². The number of carboxylic acid groups (broad SMARTS) is 1. The van der Waals surface area contributed by atoms with Gasteiger partial charge in [0.05, 0.1) is 24.2 Å². The molecule has 0 saturated carbocycles. The van der Waals surface area contributed by atoms with Crippen LogP contribution in [0.2, 0.25) is 0 Å². The Kier molecular flexibility index (Phi) is 5.49. The molecule has 0 bridgehead atoms. The second kappa shape index (κ2) is 7.57. The highest BCUT2D eigenvalue weighted by Gasteiger charge is 2.18. The number of nitrogens with zero attached hydrogens (tertiary/aromatic N) is 2. The van der Waals surface area contributed by atoms with E-state index < -0.39 is 11.9 Å². The number of carbonyl (C=O) groups is 2. The number of carboxylic acids is 1. The molecule has 0 atom stereocenters. The SMILES string of the molecule is COc1ccc(/C=C/C(=O)O)c(OC(=O)c2nc(C)c(C)nc2C)c1. The summed E-state index contributed by atoms with van der Waals surface area (Å²) < 4.78 is 10.5. The average molecular weight is 342 g/mol. The van der Waals surface area contributed by atoms with Gasteiger partial charge in [-0.2, -0.15) is 0 Å². The number of hydrogen-bond donors (Lipinski definition) is 1. The Morgan fingerprint density at radius 2 is 1.76 bits per heavy atom. The lowest BCUT2D eigenvalue weighted by Crippen LogP contribution is -2.15. The van der Waals surface area contributed by atoms with Crippen molar-refractivity contribution in [3.8, 4) is 11.5 Å². The molecule has 1 aromatic carbocycles. The quantitative estimate of drug-likeness (QED) is 0.507. The molecule has 7 nitrogen and oxygen atoms in total. The van der Waals surface area contributed by atoms with Crippen LogP contribution in [0.25, 0.3) is 6.08 Å². The Morgan fingerprint density at radius 1 is 1.08 bits per heavy atom. The van der Waals surface area contributed by atoms with E-state index in [2.05, 4.69) is 9.97 Å². The molecule has 0 unspecified atom stereocenters. The maximum Gasteiger partial charge on any atom is 0.364 e. The van der Waals surface area contributed by atoms with Gasteiger partial charge >= 0.3 is 11.9 Å². The highest BCUT2D eigenvalue weighted by molar-refractivity contribution is 5.91. The molecular weight excluding hydrogens is 324 g/mol. The van der Waals surface area contributed by atoms with Crippen LogP contribution in [0.5, 0.6) is 11.5 Å². The van der Waals surface area contributed by atoms with E-state index in [1.165, 1.54) is 19.3 Å². The summed E-state index contributed by atoms with van der Waals surface area (Å²) in [6.45, 7) is 5.24. The molecular formula is C18H18N2O5. The van der Waals surface area contributed by atoms with E-state index in [1.807, 2.05) is 0 Å². The van der Waals surface area contributed by atoms with Crippen molar-refractivity contribution in [2.75, 3.05) is 7.11 Å². The molecule has 0 radical (unpaired) electrons. The average Bonchev–Trinajstić information content (AvgIpc) is 2.56. The van der Waals surface area contributed by atoms with Crippen LogP contribution in [0.4, 0.5) is 0 Å². The minimum absolute atomic E-state index is 0.110. The van der Waals surface area contributed by atoms with Crippen LogP contribution in [0.3, 0.4) is 0 Å². The number of aromatic nitrogens is 2. The zero-order valence-electron chi connectivity index (χ0n) is 14.4. The second-order valence-electron chi connectivity index (χ2n) is 5.29. The molecule has 0 amide bonds. The standard InChI is InChI=1S/C18H18N2O5/c1-10-11(2)20-17(12(3)19-10)18(23)25-15-9-14(24-4)7-5-13(15)6-8-16(21)22/h5-9H,1-4H3,(H,21,22)/b8-6+. The molecule has 1 aromatic heterocycles. The molecule has 2 rings (SSSR count). The van der Waals surface area contributed by atoms with Crippen molar-refractivity contribution >= 4 is 18.0 Å². The molecule has 1 heterocycles. The summed E-state index contributed by atoms with van der Waals surface area (Å²) in [5.41, 5.74) is 2.36. The van der Waals surface area contributed by atoms with Crippen molar-refractivity contribution in [1.29, 1.82) is 0 Å². The minimum atomic E-state index is -1.11. The zero-order valence-corrected chi connectivity index (χ0v) is 14.4. The number of aliphatic carboxylic acids is 1. The van der Waals surface area contributed by atoms with Gasteiger partial charge in [0.15, 0.2) is 5.69 Å². The largest absolute Gasteiger partial charge is 0.497 e. The summed E-state index contributed by atoms with van der Waals surface area (Å²) in [6, 6.07) is 4.74. The second-order valence-corrected chi connectivity index (χ2v) is 5.29. The van der Waals surface area contributed by atoms with Gasteiger partial charge in [-0.25, -0.2) is 14.6 Å². The van der Waals surface area contributed by atoms with Crippen LogP contribution in [-0.4, -0.2) is 34.1 Å². The van der Waals surface area contributed by atoms with E-state index in [4.69, 9.17) is 14.6 Å². The Morgan fingerprint density at radius 3 is 2.40 bits per heavy atom. The summed E-state index contributed by atoms with van der Waals surface area (Å²) >= 11 is 0. The molecule has 0 aliphatic rings. The van der Waals surface area contributed by atoms with Gasteiger partial charge in [0.1, 0.15) is 11.5 Å². The Bertz CT molecular complexity index is 859. The minimum Gasteiger partial charge on any atom is -0.497 e. The predicted molar refractivity (Wildman–Crippen MR) is 90.9 cm³/mol. The van der Waals surface area contributed by atoms with Crippen molar-refractivity contribution < 1.29 is 24.2 Å².